The van der Waals surface area contributed by atoms with Gasteiger partial charge in [-0.05, 0) is 66.1 Å². The fourth-order valence-electron chi connectivity index (χ4n) is 5.54. The fraction of sp³-hybridized carbons (Fsp3) is 0.364. The maximum atomic E-state index is 14.2. The highest BCUT2D eigenvalue weighted by Crippen LogP contribution is 2.41. The number of aryl methyl sites for hydroxylation is 1. The van der Waals surface area contributed by atoms with Gasteiger partial charge in [0.1, 0.15) is 10.8 Å². The van der Waals surface area contributed by atoms with Crippen LogP contribution < -0.4 is 10.1 Å². The molecule has 0 saturated heterocycles. The van der Waals surface area contributed by atoms with Crippen molar-refractivity contribution in [3.05, 3.63) is 104 Å². The van der Waals surface area contributed by atoms with Crippen molar-refractivity contribution in [3.63, 3.8) is 0 Å². The van der Waals surface area contributed by atoms with Gasteiger partial charge in [-0.3, -0.25) is 4.79 Å². The molecule has 0 atom stereocenters. The van der Waals surface area contributed by atoms with Crippen molar-refractivity contribution >= 4 is 46.3 Å². The van der Waals surface area contributed by atoms with Gasteiger partial charge in [-0.15, -0.1) is 0 Å². The number of rotatable bonds is 10. The molecule has 1 saturated carbocycles. The maximum absolute atomic E-state index is 14.2. The minimum absolute atomic E-state index is 0.0216. The minimum atomic E-state index is -0.717. The maximum Gasteiger partial charge on any atom is 0.251 e. The van der Waals surface area contributed by atoms with E-state index in [1.165, 1.54) is 0 Å². The summed E-state index contributed by atoms with van der Waals surface area (Å²) >= 11 is 18.6. The quantitative estimate of drug-likeness (QED) is 0.180. The third-order valence-corrected chi connectivity index (χ3v) is 9.04. The van der Waals surface area contributed by atoms with Crippen molar-refractivity contribution in [2.75, 3.05) is 19.7 Å². The summed E-state index contributed by atoms with van der Waals surface area (Å²) in [6.45, 7) is 6.14. The van der Waals surface area contributed by atoms with E-state index in [4.69, 9.17) is 39.5 Å². The predicted octanol–water partition coefficient (Wildman–Crippen LogP) is 8.51. The summed E-state index contributed by atoms with van der Waals surface area (Å²) in [5.74, 6) is -1.65. The van der Waals surface area contributed by atoms with Crippen LogP contribution in [0.4, 0.5) is 8.78 Å². The van der Waals surface area contributed by atoms with Crippen molar-refractivity contribution < 1.29 is 18.3 Å². The Hall–Kier alpha value is -2.64. The molecule has 3 aromatic carbocycles. The van der Waals surface area contributed by atoms with Crippen LogP contribution >= 0.6 is 34.8 Å². The van der Waals surface area contributed by atoms with Crippen LogP contribution in [-0.4, -0.2) is 36.5 Å². The molecule has 1 heterocycles. The SMILES string of the molecule is CC1(C)CNCC(C(=O)N(Cc2cccc(Cl)c2Cl)C2CC2)=C1c1ccc(CCCOc2c(F)ccc(F)c2Cl)cc1. The van der Waals surface area contributed by atoms with Gasteiger partial charge in [0.15, 0.2) is 11.6 Å². The third kappa shape index (κ3) is 6.78. The Kier molecular flexibility index (Phi) is 9.48. The summed E-state index contributed by atoms with van der Waals surface area (Å²) in [6, 6.07) is 15.9. The molecule has 4 nitrogen and oxygen atoms in total. The molecule has 2 aliphatic rings. The fourth-order valence-corrected chi connectivity index (χ4v) is 6.13. The van der Waals surface area contributed by atoms with E-state index >= 15 is 0 Å². The first-order chi connectivity index (χ1) is 20.1. The van der Waals surface area contributed by atoms with Crippen molar-refractivity contribution in [3.8, 4) is 5.75 Å². The number of nitrogens with one attached hydrogen (secondary N) is 1. The van der Waals surface area contributed by atoms with Crippen LogP contribution in [0.3, 0.4) is 0 Å². The van der Waals surface area contributed by atoms with Crippen LogP contribution in [0, 0.1) is 17.0 Å². The van der Waals surface area contributed by atoms with Gasteiger partial charge < -0.3 is 15.0 Å². The zero-order valence-electron chi connectivity index (χ0n) is 23.6. The van der Waals surface area contributed by atoms with Gasteiger partial charge in [-0.25, -0.2) is 8.78 Å². The summed E-state index contributed by atoms with van der Waals surface area (Å²) in [7, 11) is 0. The molecular weight excluding hydrogens is 601 g/mol. The smallest absolute Gasteiger partial charge is 0.251 e. The number of amides is 1. The van der Waals surface area contributed by atoms with Crippen molar-refractivity contribution in [1.82, 2.24) is 10.2 Å². The summed E-state index contributed by atoms with van der Waals surface area (Å²) in [5, 5.41) is 4.07. The first-order valence-electron chi connectivity index (χ1n) is 14.1. The van der Waals surface area contributed by atoms with Gasteiger partial charge in [0, 0.05) is 36.7 Å². The van der Waals surface area contributed by atoms with Crippen molar-refractivity contribution in [2.24, 2.45) is 5.41 Å². The lowest BCUT2D eigenvalue weighted by atomic mass is 9.75. The molecule has 3 aromatic rings. The van der Waals surface area contributed by atoms with Crippen LogP contribution in [0.25, 0.3) is 5.57 Å². The number of hydrogen-bond donors (Lipinski definition) is 1. The largest absolute Gasteiger partial charge is 0.489 e. The van der Waals surface area contributed by atoms with E-state index < -0.39 is 11.6 Å². The second-order valence-corrected chi connectivity index (χ2v) is 12.7. The van der Waals surface area contributed by atoms with Gasteiger partial charge in [0.05, 0.1) is 16.7 Å². The van der Waals surface area contributed by atoms with E-state index in [0.717, 1.165) is 59.4 Å². The van der Waals surface area contributed by atoms with Gasteiger partial charge >= 0.3 is 0 Å². The molecular formula is C33H33Cl3F2N2O2. The molecule has 1 aliphatic heterocycles. The molecule has 5 rings (SSSR count). The standard InChI is InChI=1S/C33H33Cl3F2N2O2/c1-33(2)19-39-17-24(32(41)40(23-12-13-23)18-22-6-3-7-25(34)29(22)35)28(33)21-10-8-20(9-11-21)5-4-16-42-31-27(38)15-14-26(37)30(31)36/h3,6-11,14-15,23,39H,4-5,12-13,16-19H2,1-2H3. The van der Waals surface area contributed by atoms with E-state index in [1.54, 1.807) is 6.07 Å². The van der Waals surface area contributed by atoms with E-state index in [9.17, 15) is 13.6 Å². The molecule has 0 unspecified atom stereocenters. The zero-order chi connectivity index (χ0) is 30.0. The number of ether oxygens (including phenoxy) is 1. The average Bonchev–Trinajstić information content (AvgIpc) is 3.80. The van der Waals surface area contributed by atoms with Crippen LogP contribution in [0.5, 0.6) is 5.75 Å². The van der Waals surface area contributed by atoms with Gasteiger partial charge in [0.25, 0.3) is 5.91 Å². The Labute approximate surface area is 260 Å². The lowest BCUT2D eigenvalue weighted by Gasteiger charge is -2.37. The molecule has 0 spiro atoms. The van der Waals surface area contributed by atoms with Crippen molar-refractivity contribution in [2.45, 2.75) is 52.1 Å². The lowest BCUT2D eigenvalue weighted by molar-refractivity contribution is -0.128. The zero-order valence-corrected chi connectivity index (χ0v) is 25.9. The topological polar surface area (TPSA) is 41.6 Å². The van der Waals surface area contributed by atoms with E-state index in [2.05, 4.69) is 31.3 Å². The molecule has 1 fully saturated rings. The molecule has 1 aliphatic carbocycles. The molecule has 9 heteroatoms. The summed E-state index contributed by atoms with van der Waals surface area (Å²) in [6.07, 6.45) is 3.22. The Morgan fingerprint density at radius 2 is 1.71 bits per heavy atom. The predicted molar refractivity (Wildman–Crippen MR) is 165 cm³/mol. The number of nitrogens with zero attached hydrogens (tertiary/aromatic N) is 1. The van der Waals surface area contributed by atoms with Crippen LogP contribution in [-0.2, 0) is 17.8 Å². The third-order valence-electron chi connectivity index (χ3n) is 7.83. The molecule has 1 N–H and O–H groups in total. The normalized spacial score (nSPS) is 16.5. The highest BCUT2D eigenvalue weighted by atomic mass is 35.5. The molecule has 222 valence electrons. The number of halogens is 5. The molecule has 0 aromatic heterocycles. The molecule has 1 amide bonds. The number of carbonyl (C=O) groups is 1. The van der Waals surface area contributed by atoms with Crippen LogP contribution in [0.15, 0.2) is 60.2 Å². The van der Waals surface area contributed by atoms with E-state index in [0.29, 0.717) is 36.0 Å². The van der Waals surface area contributed by atoms with Crippen LogP contribution in [0.1, 0.15) is 49.8 Å². The molecule has 42 heavy (non-hydrogen) atoms. The van der Waals surface area contributed by atoms with E-state index in [-0.39, 0.29) is 34.7 Å². The Morgan fingerprint density at radius 3 is 2.43 bits per heavy atom. The Balaban J connectivity index is 1.33. The monoisotopic (exact) mass is 632 g/mol. The Morgan fingerprint density at radius 1 is 1.00 bits per heavy atom. The summed E-state index contributed by atoms with van der Waals surface area (Å²) in [5.41, 5.74) is 4.46. The van der Waals surface area contributed by atoms with E-state index in [1.807, 2.05) is 29.2 Å². The van der Waals surface area contributed by atoms with Gasteiger partial charge in [0.2, 0.25) is 0 Å². The summed E-state index contributed by atoms with van der Waals surface area (Å²) in [4.78, 5) is 16.1. The first-order valence-corrected chi connectivity index (χ1v) is 15.2. The number of benzene rings is 3. The highest BCUT2D eigenvalue weighted by molar-refractivity contribution is 6.42. The second-order valence-electron chi connectivity index (χ2n) is 11.5. The van der Waals surface area contributed by atoms with Gasteiger partial charge in [-0.2, -0.15) is 0 Å². The minimum Gasteiger partial charge on any atom is -0.489 e. The number of carbonyl (C=O) groups excluding carboxylic acids is 1. The van der Waals surface area contributed by atoms with Gasteiger partial charge in [-0.1, -0.05) is 85.0 Å². The van der Waals surface area contributed by atoms with Crippen molar-refractivity contribution in [1.29, 1.82) is 0 Å². The second kappa shape index (κ2) is 12.9. The summed E-state index contributed by atoms with van der Waals surface area (Å²) < 4.78 is 33.1. The highest BCUT2D eigenvalue weighted by Gasteiger charge is 2.39. The van der Waals surface area contributed by atoms with Crippen LogP contribution in [0.2, 0.25) is 15.1 Å². The lowest BCUT2D eigenvalue weighted by Crippen LogP contribution is -2.44. The molecule has 0 bridgehead atoms. The first kappa shape index (κ1) is 30.8. The average molecular weight is 634 g/mol. The Bertz CT molecular complexity index is 1500. The molecule has 0 radical (unpaired) electrons. The number of hydrogen-bond acceptors (Lipinski definition) is 3.